The minimum atomic E-state index is -0.980. The van der Waals surface area contributed by atoms with E-state index in [1.54, 1.807) is 19.1 Å². The quantitative estimate of drug-likeness (QED) is 0.591. The number of phenols is 1. The predicted octanol–water partition coefficient (Wildman–Crippen LogP) is 5.00. The third kappa shape index (κ3) is 3.24. The number of aromatic hydroxyl groups is 1. The van der Waals surface area contributed by atoms with Gasteiger partial charge in [0, 0.05) is 23.6 Å². The van der Waals surface area contributed by atoms with Gasteiger partial charge in [-0.25, -0.2) is 4.79 Å². The fraction of sp³-hybridized carbons (Fsp3) is 0.261. The summed E-state index contributed by atoms with van der Waals surface area (Å²) in [6, 6.07) is 11.7. The number of ether oxygens (including phenoxy) is 1. The highest BCUT2D eigenvalue weighted by atomic mass is 16.5. The molecule has 5 nitrogen and oxygen atoms in total. The number of phenolic OH excluding ortho intramolecular Hbond substituents is 1. The number of rotatable bonds is 6. The predicted molar refractivity (Wildman–Crippen MR) is 112 cm³/mol. The Kier molecular flexibility index (Phi) is 5.45. The topological polar surface area (TPSA) is 71.7 Å². The van der Waals surface area contributed by atoms with Gasteiger partial charge in [0.05, 0.1) is 18.3 Å². The second kappa shape index (κ2) is 7.80. The first-order chi connectivity index (χ1) is 13.4. The summed E-state index contributed by atoms with van der Waals surface area (Å²) in [5.41, 5.74) is 4.81. The Labute approximate surface area is 164 Å². The fourth-order valence-electron chi connectivity index (χ4n) is 3.76. The molecular formula is C23H25NO4. The summed E-state index contributed by atoms with van der Waals surface area (Å²) in [7, 11) is 3.45. The van der Waals surface area contributed by atoms with Gasteiger partial charge in [0.2, 0.25) is 0 Å². The molecule has 146 valence electrons. The van der Waals surface area contributed by atoms with E-state index in [1.807, 2.05) is 41.9 Å². The molecule has 0 saturated heterocycles. The van der Waals surface area contributed by atoms with Gasteiger partial charge >= 0.3 is 5.97 Å². The number of carbonyl (C=O) groups is 1. The fourth-order valence-corrected chi connectivity index (χ4v) is 3.76. The molecule has 0 radical (unpaired) electrons. The summed E-state index contributed by atoms with van der Waals surface area (Å²) in [5, 5.41) is 21.0. The van der Waals surface area contributed by atoms with Crippen molar-refractivity contribution in [3.63, 3.8) is 0 Å². The number of aromatic nitrogens is 1. The normalized spacial score (nSPS) is 11.8. The van der Waals surface area contributed by atoms with E-state index in [1.165, 1.54) is 7.11 Å². The second-order valence-corrected chi connectivity index (χ2v) is 6.87. The van der Waals surface area contributed by atoms with Crippen molar-refractivity contribution >= 4 is 22.9 Å². The van der Waals surface area contributed by atoms with Crippen molar-refractivity contribution in [3.8, 4) is 22.8 Å². The van der Waals surface area contributed by atoms with Gasteiger partial charge in [-0.15, -0.1) is 0 Å². The van der Waals surface area contributed by atoms with Gasteiger partial charge in [-0.3, -0.25) is 0 Å². The number of hydrogen-bond donors (Lipinski definition) is 2. The Bertz CT molecular complexity index is 1060. The van der Waals surface area contributed by atoms with Gasteiger partial charge in [-0.05, 0) is 36.6 Å². The Morgan fingerprint density at radius 2 is 1.93 bits per heavy atom. The lowest BCUT2D eigenvalue weighted by atomic mass is 9.99. The smallest absolute Gasteiger partial charge is 0.331 e. The van der Waals surface area contributed by atoms with E-state index in [-0.39, 0.29) is 11.3 Å². The van der Waals surface area contributed by atoms with Crippen molar-refractivity contribution in [3.05, 3.63) is 53.1 Å². The van der Waals surface area contributed by atoms with Gasteiger partial charge in [0.25, 0.3) is 0 Å². The van der Waals surface area contributed by atoms with E-state index < -0.39 is 5.97 Å². The molecule has 1 aromatic heterocycles. The molecule has 0 atom stereocenters. The standard InChI is InChI=1S/C23H25NO4/c1-5-9-17-19-21(24(3)20(17)15-10-7-6-8-11-15)16(12-14(2)23(26)27)13-18(28-4)22(19)25/h6-8,10-13,25H,5,9H2,1-4H3,(H,26,27)/b14-12+. The van der Waals surface area contributed by atoms with Crippen LogP contribution in [0, 0.1) is 0 Å². The number of fused-ring (bicyclic) bond motifs is 1. The van der Waals surface area contributed by atoms with E-state index in [0.717, 1.165) is 35.2 Å². The van der Waals surface area contributed by atoms with Crippen LogP contribution in [0.4, 0.5) is 0 Å². The van der Waals surface area contributed by atoms with Crippen LogP contribution in [-0.4, -0.2) is 27.9 Å². The number of hydrogen-bond acceptors (Lipinski definition) is 3. The molecule has 0 amide bonds. The van der Waals surface area contributed by atoms with Crippen LogP contribution >= 0.6 is 0 Å². The first-order valence-corrected chi connectivity index (χ1v) is 9.28. The first kappa shape index (κ1) is 19.5. The molecule has 0 bridgehead atoms. The minimum Gasteiger partial charge on any atom is -0.504 e. The molecule has 0 aliphatic rings. The molecule has 0 unspecified atom stereocenters. The van der Waals surface area contributed by atoms with Crippen molar-refractivity contribution in [2.24, 2.45) is 7.05 Å². The second-order valence-electron chi connectivity index (χ2n) is 6.87. The maximum atomic E-state index is 11.4. The molecular weight excluding hydrogens is 354 g/mol. The van der Waals surface area contributed by atoms with Crippen LogP contribution in [0.1, 0.15) is 31.4 Å². The van der Waals surface area contributed by atoms with Crippen LogP contribution in [0.5, 0.6) is 11.5 Å². The highest BCUT2D eigenvalue weighted by molar-refractivity contribution is 6.04. The van der Waals surface area contributed by atoms with Gasteiger partial charge in [0.1, 0.15) is 0 Å². The highest BCUT2D eigenvalue weighted by Crippen LogP contribution is 2.45. The Morgan fingerprint density at radius 1 is 1.25 bits per heavy atom. The van der Waals surface area contributed by atoms with Crippen molar-refractivity contribution in [1.29, 1.82) is 0 Å². The van der Waals surface area contributed by atoms with E-state index >= 15 is 0 Å². The Morgan fingerprint density at radius 3 is 2.50 bits per heavy atom. The SMILES string of the molecule is CCCc1c(-c2ccccc2)n(C)c2c(/C=C(\C)C(=O)O)cc(OC)c(O)c12. The summed E-state index contributed by atoms with van der Waals surface area (Å²) >= 11 is 0. The van der Waals surface area contributed by atoms with E-state index in [0.29, 0.717) is 16.7 Å². The maximum absolute atomic E-state index is 11.4. The van der Waals surface area contributed by atoms with Crippen molar-refractivity contribution in [1.82, 2.24) is 4.57 Å². The van der Waals surface area contributed by atoms with E-state index in [9.17, 15) is 15.0 Å². The highest BCUT2D eigenvalue weighted by Gasteiger charge is 2.23. The molecule has 0 spiro atoms. The molecule has 0 saturated carbocycles. The number of methoxy groups -OCH3 is 1. The third-order valence-corrected chi connectivity index (χ3v) is 5.00. The lowest BCUT2D eigenvalue weighted by molar-refractivity contribution is -0.132. The van der Waals surface area contributed by atoms with Crippen LogP contribution in [0.2, 0.25) is 0 Å². The van der Waals surface area contributed by atoms with Crippen LogP contribution < -0.4 is 4.74 Å². The molecule has 3 rings (SSSR count). The number of aliphatic carboxylic acids is 1. The van der Waals surface area contributed by atoms with E-state index in [4.69, 9.17) is 4.74 Å². The number of benzene rings is 2. The van der Waals surface area contributed by atoms with Crippen LogP contribution in [0.25, 0.3) is 28.2 Å². The van der Waals surface area contributed by atoms with Gasteiger partial charge < -0.3 is 19.5 Å². The average Bonchev–Trinajstić information content (AvgIpc) is 2.97. The monoisotopic (exact) mass is 379 g/mol. The molecule has 5 heteroatoms. The molecule has 28 heavy (non-hydrogen) atoms. The molecule has 3 aromatic rings. The Hall–Kier alpha value is -3.21. The first-order valence-electron chi connectivity index (χ1n) is 9.28. The van der Waals surface area contributed by atoms with Crippen molar-refractivity contribution < 1.29 is 19.7 Å². The zero-order valence-electron chi connectivity index (χ0n) is 16.6. The van der Waals surface area contributed by atoms with Gasteiger partial charge in [-0.2, -0.15) is 0 Å². The summed E-state index contributed by atoms with van der Waals surface area (Å²) in [4.78, 5) is 11.4. The van der Waals surface area contributed by atoms with Gasteiger partial charge in [-0.1, -0.05) is 43.7 Å². The summed E-state index contributed by atoms with van der Waals surface area (Å²) in [6.07, 6.45) is 3.31. The number of carboxylic acids is 1. The van der Waals surface area contributed by atoms with Crippen LogP contribution in [-0.2, 0) is 18.3 Å². The maximum Gasteiger partial charge on any atom is 0.331 e. The van der Waals surface area contributed by atoms with Gasteiger partial charge in [0.15, 0.2) is 11.5 Å². The minimum absolute atomic E-state index is 0.0869. The zero-order chi connectivity index (χ0) is 20.4. The lowest BCUT2D eigenvalue weighted by Gasteiger charge is -2.10. The lowest BCUT2D eigenvalue weighted by Crippen LogP contribution is -1.98. The third-order valence-electron chi connectivity index (χ3n) is 5.00. The number of aryl methyl sites for hydroxylation is 2. The summed E-state index contributed by atoms with van der Waals surface area (Å²) in [5.74, 6) is -0.560. The largest absolute Gasteiger partial charge is 0.504 e. The number of carboxylic acid groups (broad SMARTS) is 1. The summed E-state index contributed by atoms with van der Waals surface area (Å²) in [6.45, 7) is 3.65. The van der Waals surface area contributed by atoms with Crippen LogP contribution in [0.3, 0.4) is 0 Å². The molecule has 0 fully saturated rings. The molecule has 0 aliphatic carbocycles. The molecule has 2 aromatic carbocycles. The van der Waals surface area contributed by atoms with Crippen molar-refractivity contribution in [2.45, 2.75) is 26.7 Å². The molecule has 0 aliphatic heterocycles. The molecule has 1 heterocycles. The van der Waals surface area contributed by atoms with Crippen LogP contribution in [0.15, 0.2) is 42.0 Å². The molecule has 2 N–H and O–H groups in total. The van der Waals surface area contributed by atoms with Crippen molar-refractivity contribution in [2.75, 3.05) is 7.11 Å². The zero-order valence-corrected chi connectivity index (χ0v) is 16.6. The number of nitrogens with zero attached hydrogens (tertiary/aromatic N) is 1. The Balaban J connectivity index is 2.49. The average molecular weight is 379 g/mol. The van der Waals surface area contributed by atoms with E-state index in [2.05, 4.69) is 6.92 Å². The summed E-state index contributed by atoms with van der Waals surface area (Å²) < 4.78 is 7.43.